The standard InChI is InChI=1S/C18H22N4O3S/c1-12-17(10-19-26(23,24)18-13(2)21-25-15(18)4)14(3)22(20-12)11-16-8-6-5-7-9-16/h5-9,19H,10-11H2,1-4H3. The number of nitrogens with zero attached hydrogens (tertiary/aromatic N) is 3. The summed E-state index contributed by atoms with van der Waals surface area (Å²) < 4.78 is 34.7. The average molecular weight is 374 g/mol. The molecule has 0 unspecified atom stereocenters. The topological polar surface area (TPSA) is 90.0 Å². The van der Waals surface area contributed by atoms with Crippen molar-refractivity contribution < 1.29 is 12.9 Å². The molecule has 0 bridgehead atoms. The molecule has 0 amide bonds. The largest absolute Gasteiger partial charge is 0.360 e. The second-order valence-electron chi connectivity index (χ2n) is 6.27. The van der Waals surface area contributed by atoms with E-state index < -0.39 is 10.0 Å². The first kappa shape index (κ1) is 18.3. The molecule has 26 heavy (non-hydrogen) atoms. The highest BCUT2D eigenvalue weighted by Gasteiger charge is 2.24. The van der Waals surface area contributed by atoms with Gasteiger partial charge in [0.25, 0.3) is 0 Å². The second kappa shape index (κ2) is 7.05. The Morgan fingerprint density at radius 3 is 2.38 bits per heavy atom. The molecule has 0 saturated heterocycles. The maximum Gasteiger partial charge on any atom is 0.246 e. The van der Waals surface area contributed by atoms with Crippen molar-refractivity contribution in [2.24, 2.45) is 0 Å². The number of rotatable bonds is 6. The molecule has 1 N–H and O–H groups in total. The van der Waals surface area contributed by atoms with Gasteiger partial charge in [0, 0.05) is 17.8 Å². The van der Waals surface area contributed by atoms with Crippen LogP contribution in [-0.4, -0.2) is 23.4 Å². The van der Waals surface area contributed by atoms with E-state index in [1.54, 1.807) is 13.8 Å². The number of benzene rings is 1. The van der Waals surface area contributed by atoms with Gasteiger partial charge in [0.1, 0.15) is 10.6 Å². The minimum atomic E-state index is -3.70. The van der Waals surface area contributed by atoms with Crippen LogP contribution in [0.3, 0.4) is 0 Å². The zero-order valence-corrected chi connectivity index (χ0v) is 16.1. The van der Waals surface area contributed by atoms with Gasteiger partial charge >= 0.3 is 0 Å². The third kappa shape index (κ3) is 3.56. The normalized spacial score (nSPS) is 11.8. The predicted octanol–water partition coefficient (Wildman–Crippen LogP) is 2.63. The third-order valence-electron chi connectivity index (χ3n) is 4.38. The van der Waals surface area contributed by atoms with Crippen LogP contribution in [0.2, 0.25) is 0 Å². The molecular weight excluding hydrogens is 352 g/mol. The molecule has 2 aromatic heterocycles. The molecule has 2 heterocycles. The SMILES string of the molecule is Cc1nn(Cc2ccccc2)c(C)c1CNS(=O)(=O)c1c(C)noc1C. The lowest BCUT2D eigenvalue weighted by Gasteiger charge is -2.08. The fraction of sp³-hybridized carbons (Fsp3) is 0.333. The van der Waals surface area contributed by atoms with Gasteiger partial charge in [0.2, 0.25) is 10.0 Å². The van der Waals surface area contributed by atoms with E-state index in [4.69, 9.17) is 4.52 Å². The number of aromatic nitrogens is 3. The summed E-state index contributed by atoms with van der Waals surface area (Å²) in [5, 5.41) is 8.27. The lowest BCUT2D eigenvalue weighted by atomic mass is 10.2. The van der Waals surface area contributed by atoms with Crippen LogP contribution in [-0.2, 0) is 23.1 Å². The first-order chi connectivity index (χ1) is 12.3. The molecule has 0 saturated carbocycles. The highest BCUT2D eigenvalue weighted by atomic mass is 32.2. The van der Waals surface area contributed by atoms with Gasteiger partial charge in [0.15, 0.2) is 5.76 Å². The lowest BCUT2D eigenvalue weighted by molar-refractivity contribution is 0.390. The van der Waals surface area contributed by atoms with Gasteiger partial charge in [0.05, 0.1) is 12.2 Å². The van der Waals surface area contributed by atoms with E-state index in [0.29, 0.717) is 12.2 Å². The number of hydrogen-bond acceptors (Lipinski definition) is 5. The maximum atomic E-state index is 12.6. The van der Waals surface area contributed by atoms with Crippen LogP contribution < -0.4 is 4.72 Å². The minimum Gasteiger partial charge on any atom is -0.360 e. The molecule has 3 rings (SSSR count). The molecular formula is C18H22N4O3S. The minimum absolute atomic E-state index is 0.101. The Labute approximate surface area is 153 Å². The predicted molar refractivity (Wildman–Crippen MR) is 97.2 cm³/mol. The van der Waals surface area contributed by atoms with Gasteiger partial charge in [-0.05, 0) is 33.3 Å². The first-order valence-electron chi connectivity index (χ1n) is 8.29. The van der Waals surface area contributed by atoms with Crippen molar-refractivity contribution in [1.29, 1.82) is 0 Å². The molecule has 0 aliphatic heterocycles. The molecule has 8 heteroatoms. The number of aryl methyl sites for hydroxylation is 3. The van der Waals surface area contributed by atoms with E-state index in [1.165, 1.54) is 0 Å². The van der Waals surface area contributed by atoms with Crippen LogP contribution in [0, 0.1) is 27.7 Å². The van der Waals surface area contributed by atoms with Crippen molar-refractivity contribution in [3.05, 3.63) is 64.3 Å². The van der Waals surface area contributed by atoms with Gasteiger partial charge in [-0.25, -0.2) is 13.1 Å². The zero-order chi connectivity index (χ0) is 18.9. The summed E-state index contributed by atoms with van der Waals surface area (Å²) in [6.07, 6.45) is 0. The number of hydrogen-bond donors (Lipinski definition) is 1. The van der Waals surface area contributed by atoms with E-state index in [-0.39, 0.29) is 17.2 Å². The smallest absolute Gasteiger partial charge is 0.246 e. The summed E-state index contributed by atoms with van der Waals surface area (Å²) in [5.74, 6) is 0.281. The Balaban J connectivity index is 1.81. The van der Waals surface area contributed by atoms with Crippen LogP contribution in [0.15, 0.2) is 39.8 Å². The van der Waals surface area contributed by atoms with E-state index in [0.717, 1.165) is 22.5 Å². The van der Waals surface area contributed by atoms with Gasteiger partial charge in [-0.1, -0.05) is 35.5 Å². The van der Waals surface area contributed by atoms with Crippen molar-refractivity contribution in [2.45, 2.75) is 45.7 Å². The summed E-state index contributed by atoms with van der Waals surface area (Å²) in [6, 6.07) is 10.0. The number of nitrogens with one attached hydrogen (secondary N) is 1. The Morgan fingerprint density at radius 2 is 1.77 bits per heavy atom. The fourth-order valence-corrected chi connectivity index (χ4v) is 4.32. The molecule has 0 radical (unpaired) electrons. The molecule has 138 valence electrons. The van der Waals surface area contributed by atoms with Gasteiger partial charge in [-0.2, -0.15) is 5.10 Å². The summed E-state index contributed by atoms with van der Waals surface area (Å²) >= 11 is 0. The second-order valence-corrected chi connectivity index (χ2v) is 7.97. The lowest BCUT2D eigenvalue weighted by Crippen LogP contribution is -2.24. The summed E-state index contributed by atoms with van der Waals surface area (Å²) in [7, 11) is -3.70. The van der Waals surface area contributed by atoms with Crippen molar-refractivity contribution in [3.63, 3.8) is 0 Å². The molecule has 3 aromatic rings. The van der Waals surface area contributed by atoms with Crippen LogP contribution >= 0.6 is 0 Å². The Kier molecular flexibility index (Phi) is 4.97. The highest BCUT2D eigenvalue weighted by molar-refractivity contribution is 7.89. The van der Waals surface area contributed by atoms with Gasteiger partial charge < -0.3 is 4.52 Å². The number of sulfonamides is 1. The van der Waals surface area contributed by atoms with E-state index in [1.807, 2.05) is 48.9 Å². The van der Waals surface area contributed by atoms with Crippen LogP contribution in [0.1, 0.15) is 34.0 Å². The summed E-state index contributed by atoms with van der Waals surface area (Å²) in [5.41, 5.74) is 4.10. The molecule has 0 atom stereocenters. The van der Waals surface area contributed by atoms with Crippen LogP contribution in [0.5, 0.6) is 0 Å². The fourth-order valence-electron chi connectivity index (χ4n) is 3.00. The molecule has 1 aromatic carbocycles. The molecule has 0 aliphatic rings. The van der Waals surface area contributed by atoms with Gasteiger partial charge in [-0.3, -0.25) is 4.68 Å². The average Bonchev–Trinajstić information content (AvgIpc) is 3.06. The molecule has 7 nitrogen and oxygen atoms in total. The Morgan fingerprint density at radius 1 is 1.08 bits per heavy atom. The van der Waals surface area contributed by atoms with Crippen molar-refractivity contribution in [1.82, 2.24) is 19.7 Å². The highest BCUT2D eigenvalue weighted by Crippen LogP contribution is 2.20. The molecule has 0 fully saturated rings. The summed E-state index contributed by atoms with van der Waals surface area (Å²) in [6.45, 7) is 7.84. The van der Waals surface area contributed by atoms with Crippen molar-refractivity contribution in [2.75, 3.05) is 0 Å². The van der Waals surface area contributed by atoms with Crippen LogP contribution in [0.4, 0.5) is 0 Å². The monoisotopic (exact) mass is 374 g/mol. The quantitative estimate of drug-likeness (QED) is 0.716. The molecule has 0 spiro atoms. The first-order valence-corrected chi connectivity index (χ1v) is 9.77. The Bertz CT molecular complexity index is 1000. The van der Waals surface area contributed by atoms with E-state index in [9.17, 15) is 8.42 Å². The van der Waals surface area contributed by atoms with E-state index >= 15 is 0 Å². The van der Waals surface area contributed by atoms with Crippen molar-refractivity contribution in [3.8, 4) is 0 Å². The molecule has 0 aliphatic carbocycles. The van der Waals surface area contributed by atoms with E-state index in [2.05, 4.69) is 15.0 Å². The van der Waals surface area contributed by atoms with Crippen molar-refractivity contribution >= 4 is 10.0 Å². The van der Waals surface area contributed by atoms with Gasteiger partial charge in [-0.15, -0.1) is 0 Å². The van der Waals surface area contributed by atoms with Crippen LogP contribution in [0.25, 0.3) is 0 Å². The maximum absolute atomic E-state index is 12.6. The Hall–Kier alpha value is -2.45. The third-order valence-corrected chi connectivity index (χ3v) is 6.03. The summed E-state index contributed by atoms with van der Waals surface area (Å²) in [4.78, 5) is 0.101. The zero-order valence-electron chi connectivity index (χ0n) is 15.3.